The third kappa shape index (κ3) is 1.51. The Morgan fingerprint density at radius 2 is 2.12 bits per heavy atom. The minimum absolute atomic E-state index is 0.570. The number of aryl methyl sites for hydroxylation is 1. The van der Waals surface area contributed by atoms with Gasteiger partial charge in [-0.05, 0) is 6.92 Å². The van der Waals surface area contributed by atoms with Gasteiger partial charge in [-0.25, -0.2) is 9.97 Å². The van der Waals surface area contributed by atoms with Crippen molar-refractivity contribution < 1.29 is 4.42 Å². The second-order valence-corrected chi connectivity index (χ2v) is 3.85. The molecule has 84 valence electrons. The number of nitrogens with one attached hydrogen (secondary N) is 1. The smallest absolute Gasteiger partial charge is 0.251 e. The van der Waals surface area contributed by atoms with E-state index in [1.54, 1.807) is 0 Å². The van der Waals surface area contributed by atoms with E-state index in [4.69, 9.17) is 4.42 Å². The van der Waals surface area contributed by atoms with E-state index in [1.165, 1.54) is 6.39 Å². The zero-order valence-electron chi connectivity index (χ0n) is 9.10. The van der Waals surface area contributed by atoms with Gasteiger partial charge in [0.05, 0.1) is 5.69 Å². The summed E-state index contributed by atoms with van der Waals surface area (Å²) in [5, 5.41) is 3.30. The molecule has 1 saturated heterocycles. The maximum atomic E-state index is 5.23. The normalized spacial score (nSPS) is 16.9. The Balaban J connectivity index is 2.02. The van der Waals surface area contributed by atoms with Crippen LogP contribution in [-0.2, 0) is 0 Å². The van der Waals surface area contributed by atoms with Crippen molar-refractivity contribution in [2.45, 2.75) is 6.92 Å². The maximum Gasteiger partial charge on any atom is 0.251 e. The Hall–Kier alpha value is -1.69. The van der Waals surface area contributed by atoms with Crippen LogP contribution in [0.5, 0.6) is 0 Å². The molecular weight excluding hydrogens is 206 g/mol. The van der Waals surface area contributed by atoms with Gasteiger partial charge >= 0.3 is 0 Å². The van der Waals surface area contributed by atoms with Crippen LogP contribution >= 0.6 is 0 Å². The molecule has 3 rings (SSSR count). The Labute approximate surface area is 92.7 Å². The molecule has 2 aromatic heterocycles. The van der Waals surface area contributed by atoms with Crippen molar-refractivity contribution in [1.29, 1.82) is 0 Å². The molecule has 0 spiro atoms. The van der Waals surface area contributed by atoms with Crippen molar-refractivity contribution in [3.05, 3.63) is 12.1 Å². The number of fused-ring (bicyclic) bond motifs is 1. The lowest BCUT2D eigenvalue weighted by atomic mass is 10.3. The van der Waals surface area contributed by atoms with Crippen LogP contribution < -0.4 is 10.2 Å². The van der Waals surface area contributed by atoms with Crippen LogP contribution in [0.1, 0.15) is 5.69 Å². The first kappa shape index (κ1) is 9.53. The summed E-state index contributed by atoms with van der Waals surface area (Å²) in [6.07, 6.45) is 1.41. The Morgan fingerprint density at radius 3 is 2.94 bits per heavy atom. The first-order chi connectivity index (χ1) is 7.84. The van der Waals surface area contributed by atoms with E-state index >= 15 is 0 Å². The minimum atomic E-state index is 0.570. The summed E-state index contributed by atoms with van der Waals surface area (Å²) in [4.78, 5) is 15.1. The van der Waals surface area contributed by atoms with Crippen molar-refractivity contribution in [2.75, 3.05) is 31.1 Å². The summed E-state index contributed by atoms with van der Waals surface area (Å²) in [6, 6.07) is 0. The summed E-state index contributed by atoms with van der Waals surface area (Å²) in [5.74, 6) is 0.739. The zero-order chi connectivity index (χ0) is 11.0. The number of hydrogen-bond acceptors (Lipinski definition) is 6. The monoisotopic (exact) mass is 219 g/mol. The summed E-state index contributed by atoms with van der Waals surface area (Å²) in [5.41, 5.74) is 2.19. The molecule has 1 aliphatic heterocycles. The third-order valence-corrected chi connectivity index (χ3v) is 2.76. The molecule has 1 aliphatic rings. The quantitative estimate of drug-likeness (QED) is 0.745. The first-order valence-corrected chi connectivity index (χ1v) is 5.38. The molecule has 0 atom stereocenters. The Kier molecular flexibility index (Phi) is 2.21. The van der Waals surface area contributed by atoms with Gasteiger partial charge in [-0.1, -0.05) is 0 Å². The number of piperazine rings is 1. The van der Waals surface area contributed by atoms with Crippen LogP contribution in [0.2, 0.25) is 0 Å². The molecule has 6 heteroatoms. The second kappa shape index (κ2) is 3.71. The largest absolute Gasteiger partial charge is 0.425 e. The highest BCUT2D eigenvalue weighted by atomic mass is 16.3. The standard InChI is InChI=1S/C10H13N5O/c1-7-8-9(16-6-12-8)14-10(13-7)15-4-2-11-3-5-15/h6,11H,2-5H2,1H3. The SMILES string of the molecule is Cc1nc(N2CCNCC2)nc2ocnc12. The predicted molar refractivity (Wildman–Crippen MR) is 59.4 cm³/mol. The topological polar surface area (TPSA) is 67.1 Å². The molecule has 0 aromatic carbocycles. The minimum Gasteiger partial charge on any atom is -0.425 e. The van der Waals surface area contributed by atoms with Crippen LogP contribution in [0.3, 0.4) is 0 Å². The van der Waals surface area contributed by atoms with Gasteiger partial charge in [0.25, 0.3) is 5.71 Å². The van der Waals surface area contributed by atoms with E-state index in [9.17, 15) is 0 Å². The van der Waals surface area contributed by atoms with E-state index < -0.39 is 0 Å². The molecule has 0 aliphatic carbocycles. The van der Waals surface area contributed by atoms with Crippen LogP contribution in [0.25, 0.3) is 11.2 Å². The van der Waals surface area contributed by atoms with Crippen molar-refractivity contribution >= 4 is 17.2 Å². The van der Waals surface area contributed by atoms with Gasteiger partial charge < -0.3 is 14.6 Å². The van der Waals surface area contributed by atoms with Crippen molar-refractivity contribution in [3.8, 4) is 0 Å². The molecule has 0 amide bonds. The highest BCUT2D eigenvalue weighted by Gasteiger charge is 2.16. The molecule has 6 nitrogen and oxygen atoms in total. The van der Waals surface area contributed by atoms with Gasteiger partial charge in [-0.2, -0.15) is 4.98 Å². The molecule has 0 saturated carbocycles. The van der Waals surface area contributed by atoms with Crippen molar-refractivity contribution in [1.82, 2.24) is 20.3 Å². The lowest BCUT2D eigenvalue weighted by Gasteiger charge is -2.27. The van der Waals surface area contributed by atoms with E-state index in [1.807, 2.05) is 6.92 Å². The van der Waals surface area contributed by atoms with E-state index in [0.717, 1.165) is 43.3 Å². The number of hydrogen-bond donors (Lipinski definition) is 1. The van der Waals surface area contributed by atoms with E-state index in [0.29, 0.717) is 5.71 Å². The highest BCUT2D eigenvalue weighted by Crippen LogP contribution is 2.17. The van der Waals surface area contributed by atoms with Crippen molar-refractivity contribution in [2.24, 2.45) is 0 Å². The van der Waals surface area contributed by atoms with Crippen LogP contribution in [0.15, 0.2) is 10.8 Å². The number of aromatic nitrogens is 3. The fourth-order valence-electron chi connectivity index (χ4n) is 1.89. The van der Waals surface area contributed by atoms with E-state index in [2.05, 4.69) is 25.2 Å². The average molecular weight is 219 g/mol. The third-order valence-electron chi connectivity index (χ3n) is 2.76. The molecule has 0 bridgehead atoms. The number of rotatable bonds is 1. The highest BCUT2D eigenvalue weighted by molar-refractivity contribution is 5.71. The lowest BCUT2D eigenvalue weighted by molar-refractivity contribution is 0.570. The zero-order valence-corrected chi connectivity index (χ0v) is 9.10. The lowest BCUT2D eigenvalue weighted by Crippen LogP contribution is -2.44. The number of anilines is 1. The average Bonchev–Trinajstić information content (AvgIpc) is 2.79. The van der Waals surface area contributed by atoms with Crippen LogP contribution in [-0.4, -0.2) is 41.1 Å². The molecule has 0 radical (unpaired) electrons. The predicted octanol–water partition coefficient (Wildman–Crippen LogP) is 0.336. The molecule has 1 fully saturated rings. The summed E-state index contributed by atoms with van der Waals surface area (Å²) >= 11 is 0. The molecule has 0 unspecified atom stereocenters. The van der Waals surface area contributed by atoms with Crippen LogP contribution in [0, 0.1) is 6.92 Å². The van der Waals surface area contributed by atoms with Gasteiger partial charge in [0.2, 0.25) is 5.95 Å². The van der Waals surface area contributed by atoms with Gasteiger partial charge in [-0.3, -0.25) is 0 Å². The first-order valence-electron chi connectivity index (χ1n) is 5.38. The van der Waals surface area contributed by atoms with Gasteiger partial charge in [0, 0.05) is 26.2 Å². The summed E-state index contributed by atoms with van der Waals surface area (Å²) in [7, 11) is 0. The number of oxazole rings is 1. The van der Waals surface area contributed by atoms with E-state index in [-0.39, 0.29) is 0 Å². The van der Waals surface area contributed by atoms with Gasteiger partial charge in [0.15, 0.2) is 11.9 Å². The molecule has 3 heterocycles. The Morgan fingerprint density at radius 1 is 1.31 bits per heavy atom. The second-order valence-electron chi connectivity index (χ2n) is 3.85. The van der Waals surface area contributed by atoms with Gasteiger partial charge in [-0.15, -0.1) is 0 Å². The molecule has 16 heavy (non-hydrogen) atoms. The fraction of sp³-hybridized carbons (Fsp3) is 0.500. The molecule has 1 N–H and O–H groups in total. The maximum absolute atomic E-state index is 5.23. The van der Waals surface area contributed by atoms with Gasteiger partial charge in [0.1, 0.15) is 0 Å². The molecule has 2 aromatic rings. The molecular formula is C10H13N5O. The van der Waals surface area contributed by atoms with Crippen molar-refractivity contribution in [3.63, 3.8) is 0 Å². The summed E-state index contributed by atoms with van der Waals surface area (Å²) in [6.45, 7) is 5.73. The number of nitrogens with zero attached hydrogens (tertiary/aromatic N) is 4. The Bertz CT molecular complexity index is 503. The summed E-state index contributed by atoms with van der Waals surface area (Å²) < 4.78 is 5.23. The fourth-order valence-corrected chi connectivity index (χ4v) is 1.89. The van der Waals surface area contributed by atoms with Crippen LogP contribution in [0.4, 0.5) is 5.95 Å².